The van der Waals surface area contributed by atoms with Gasteiger partial charge in [-0.05, 0) is 48.6 Å². The Hall–Kier alpha value is -3.94. The number of nitro groups is 1. The van der Waals surface area contributed by atoms with Crippen LogP contribution in [0.25, 0.3) is 12.2 Å². The maximum absolute atomic E-state index is 12.1. The predicted octanol–water partition coefficient (Wildman–Crippen LogP) is 3.63. The molecule has 2 aromatic carbocycles. The molecule has 0 aliphatic heterocycles. The van der Waals surface area contributed by atoms with Crippen LogP contribution < -0.4 is 9.64 Å². The number of carbonyl (C=O) groups excluding carboxylic acids is 2. The summed E-state index contributed by atoms with van der Waals surface area (Å²) in [5, 5.41) is 20.7. The van der Waals surface area contributed by atoms with E-state index in [1.165, 1.54) is 43.5 Å². The first-order valence-electron chi connectivity index (χ1n) is 8.96. The van der Waals surface area contributed by atoms with E-state index in [4.69, 9.17) is 4.74 Å². The van der Waals surface area contributed by atoms with Crippen LogP contribution in [0.5, 0.6) is 11.5 Å². The molecule has 156 valence electrons. The summed E-state index contributed by atoms with van der Waals surface area (Å²) in [7, 11) is 4.97. The third-order valence-electron chi connectivity index (χ3n) is 4.19. The van der Waals surface area contributed by atoms with Crippen molar-refractivity contribution in [1.82, 2.24) is 0 Å². The van der Waals surface area contributed by atoms with Gasteiger partial charge in [0.2, 0.25) is 0 Å². The lowest BCUT2D eigenvalue weighted by molar-refractivity contribution is -0.385. The fourth-order valence-electron chi connectivity index (χ4n) is 2.60. The Morgan fingerprint density at radius 2 is 1.67 bits per heavy atom. The quantitative estimate of drug-likeness (QED) is 0.291. The molecule has 0 aromatic heterocycles. The summed E-state index contributed by atoms with van der Waals surface area (Å²) in [5.41, 5.74) is 1.38. The SMILES string of the molecule is COc1cc(O)ccc1/C=C/C(=O)CC(=O)/C=C/c1ccc(N(C)C)cc1[N+](=O)[O-]. The number of phenols is 1. The van der Waals surface area contributed by atoms with E-state index in [1.54, 1.807) is 37.2 Å². The van der Waals surface area contributed by atoms with Crippen LogP contribution in [0, 0.1) is 10.1 Å². The number of ketones is 2. The minimum Gasteiger partial charge on any atom is -0.508 e. The molecule has 0 saturated heterocycles. The van der Waals surface area contributed by atoms with Gasteiger partial charge in [-0.25, -0.2) is 0 Å². The summed E-state index contributed by atoms with van der Waals surface area (Å²) >= 11 is 0. The number of hydrogen-bond donors (Lipinski definition) is 1. The Bertz CT molecular complexity index is 1020. The van der Waals surface area contributed by atoms with Crippen molar-refractivity contribution in [2.75, 3.05) is 26.1 Å². The van der Waals surface area contributed by atoms with Gasteiger partial charge in [0.15, 0.2) is 11.6 Å². The van der Waals surface area contributed by atoms with E-state index in [2.05, 4.69) is 0 Å². The Morgan fingerprint density at radius 3 is 2.23 bits per heavy atom. The lowest BCUT2D eigenvalue weighted by atomic mass is 10.1. The second-order valence-corrected chi connectivity index (χ2v) is 6.60. The molecule has 0 bridgehead atoms. The van der Waals surface area contributed by atoms with Gasteiger partial charge in [0.25, 0.3) is 5.69 Å². The van der Waals surface area contributed by atoms with Crippen LogP contribution >= 0.6 is 0 Å². The van der Waals surface area contributed by atoms with Gasteiger partial charge in [0.05, 0.1) is 24.0 Å². The number of hydrogen-bond acceptors (Lipinski definition) is 7. The first-order chi connectivity index (χ1) is 14.2. The van der Waals surface area contributed by atoms with Crippen LogP contribution in [0.3, 0.4) is 0 Å². The number of nitro benzene ring substituents is 1. The number of phenolic OH excluding ortho intramolecular Hbond substituents is 1. The van der Waals surface area contributed by atoms with Crippen LogP contribution in [0.2, 0.25) is 0 Å². The van der Waals surface area contributed by atoms with Gasteiger partial charge in [-0.2, -0.15) is 0 Å². The number of ether oxygens (including phenoxy) is 1. The average Bonchev–Trinajstić information content (AvgIpc) is 2.70. The molecule has 0 atom stereocenters. The second-order valence-electron chi connectivity index (χ2n) is 6.60. The van der Waals surface area contributed by atoms with Crippen LogP contribution in [0.4, 0.5) is 11.4 Å². The van der Waals surface area contributed by atoms with Gasteiger partial charge in [-0.15, -0.1) is 0 Å². The summed E-state index contributed by atoms with van der Waals surface area (Å²) in [6.07, 6.45) is 4.85. The average molecular weight is 410 g/mol. The summed E-state index contributed by atoms with van der Waals surface area (Å²) in [4.78, 5) is 36.6. The zero-order valence-corrected chi connectivity index (χ0v) is 16.9. The van der Waals surface area contributed by atoms with E-state index < -0.39 is 16.5 Å². The monoisotopic (exact) mass is 410 g/mol. The highest BCUT2D eigenvalue weighted by molar-refractivity contribution is 6.11. The van der Waals surface area contributed by atoms with Crippen molar-refractivity contribution >= 4 is 35.1 Å². The molecule has 30 heavy (non-hydrogen) atoms. The van der Waals surface area contributed by atoms with E-state index >= 15 is 0 Å². The van der Waals surface area contributed by atoms with Gasteiger partial charge >= 0.3 is 0 Å². The Kier molecular flexibility index (Phi) is 7.46. The van der Waals surface area contributed by atoms with Crippen molar-refractivity contribution in [2.45, 2.75) is 6.42 Å². The van der Waals surface area contributed by atoms with Crippen molar-refractivity contribution in [3.8, 4) is 11.5 Å². The number of methoxy groups -OCH3 is 1. The van der Waals surface area contributed by atoms with Crippen molar-refractivity contribution in [3.63, 3.8) is 0 Å². The smallest absolute Gasteiger partial charge is 0.278 e. The molecule has 0 spiro atoms. The second kappa shape index (κ2) is 10.0. The molecule has 0 amide bonds. The normalized spacial score (nSPS) is 11.0. The van der Waals surface area contributed by atoms with Gasteiger partial charge in [0.1, 0.15) is 11.5 Å². The Labute approximate surface area is 173 Å². The highest BCUT2D eigenvalue weighted by atomic mass is 16.6. The van der Waals surface area contributed by atoms with Crippen LogP contribution in [0.1, 0.15) is 17.5 Å². The number of carbonyl (C=O) groups is 2. The summed E-state index contributed by atoms with van der Waals surface area (Å²) in [6, 6.07) is 9.12. The molecule has 0 saturated carbocycles. The fourth-order valence-corrected chi connectivity index (χ4v) is 2.60. The number of allylic oxidation sites excluding steroid dienone is 2. The van der Waals surface area contributed by atoms with Crippen LogP contribution in [0.15, 0.2) is 48.6 Å². The van der Waals surface area contributed by atoms with E-state index in [9.17, 15) is 24.8 Å². The summed E-state index contributed by atoms with van der Waals surface area (Å²) < 4.78 is 5.12. The molecule has 2 rings (SSSR count). The van der Waals surface area contributed by atoms with E-state index in [0.717, 1.165) is 6.08 Å². The summed E-state index contributed by atoms with van der Waals surface area (Å²) in [6.45, 7) is 0. The van der Waals surface area contributed by atoms with Crippen molar-refractivity contribution in [3.05, 3.63) is 69.8 Å². The zero-order chi connectivity index (χ0) is 22.3. The molecular weight excluding hydrogens is 388 g/mol. The standard InChI is InChI=1S/C22H22N2O6/c1-23(2)17-8-4-15(21(12-17)24(28)29)5-9-18(25)13-19(26)10-6-16-7-11-20(27)14-22(16)30-3/h4-12,14,27H,13H2,1-3H3/b9-5+,10-6+. The molecule has 0 unspecified atom stereocenters. The number of nitrogens with zero attached hydrogens (tertiary/aromatic N) is 2. The zero-order valence-electron chi connectivity index (χ0n) is 16.9. The molecule has 1 N–H and O–H groups in total. The van der Waals surface area contributed by atoms with E-state index in [-0.39, 0.29) is 23.4 Å². The molecule has 2 aromatic rings. The van der Waals surface area contributed by atoms with Crippen molar-refractivity contribution < 1.29 is 24.4 Å². The number of rotatable bonds is 9. The molecule has 0 aliphatic carbocycles. The molecule has 8 heteroatoms. The van der Waals surface area contributed by atoms with Crippen LogP contribution in [-0.4, -0.2) is 42.8 Å². The van der Waals surface area contributed by atoms with Crippen LogP contribution in [-0.2, 0) is 9.59 Å². The molecule has 0 heterocycles. The largest absolute Gasteiger partial charge is 0.508 e. The third-order valence-corrected chi connectivity index (χ3v) is 4.19. The Balaban J connectivity index is 2.07. The van der Waals surface area contributed by atoms with Gasteiger partial charge in [-0.1, -0.05) is 0 Å². The van der Waals surface area contributed by atoms with Gasteiger partial charge in [0, 0.05) is 37.5 Å². The lowest BCUT2D eigenvalue weighted by Crippen LogP contribution is -2.09. The van der Waals surface area contributed by atoms with E-state index in [0.29, 0.717) is 17.0 Å². The first-order valence-corrected chi connectivity index (χ1v) is 8.96. The van der Waals surface area contributed by atoms with Gasteiger partial charge < -0.3 is 14.7 Å². The maximum Gasteiger partial charge on any atom is 0.278 e. The highest BCUT2D eigenvalue weighted by Gasteiger charge is 2.14. The molecule has 0 aliphatic rings. The van der Waals surface area contributed by atoms with Gasteiger partial charge in [-0.3, -0.25) is 19.7 Å². The topological polar surface area (TPSA) is 110 Å². The highest BCUT2D eigenvalue weighted by Crippen LogP contribution is 2.26. The van der Waals surface area contributed by atoms with Crippen molar-refractivity contribution in [2.24, 2.45) is 0 Å². The minimum absolute atomic E-state index is 0.0309. The third kappa shape index (κ3) is 6.03. The Morgan fingerprint density at radius 1 is 1.07 bits per heavy atom. The maximum atomic E-state index is 12.1. The minimum atomic E-state index is -0.518. The molecule has 0 fully saturated rings. The molecular formula is C22H22N2O6. The number of aromatic hydroxyl groups is 1. The number of benzene rings is 2. The van der Waals surface area contributed by atoms with Crippen molar-refractivity contribution in [1.29, 1.82) is 0 Å². The summed E-state index contributed by atoms with van der Waals surface area (Å²) in [5.74, 6) is -0.493. The lowest BCUT2D eigenvalue weighted by Gasteiger charge is -2.12. The van der Waals surface area contributed by atoms with E-state index in [1.807, 2.05) is 0 Å². The number of anilines is 1. The molecule has 0 radical (unpaired) electrons. The predicted molar refractivity (Wildman–Crippen MR) is 115 cm³/mol. The fraction of sp³-hybridized carbons (Fsp3) is 0.182. The molecule has 8 nitrogen and oxygen atoms in total. The first kappa shape index (κ1) is 22.4.